The Kier molecular flexibility index (Phi) is 4.69. The summed E-state index contributed by atoms with van der Waals surface area (Å²) in [6.45, 7) is 4.16. The molecule has 3 rings (SSSR count). The highest BCUT2D eigenvalue weighted by atomic mass is 16.2. The minimum absolute atomic E-state index is 0.0566. The van der Waals surface area contributed by atoms with E-state index in [0.29, 0.717) is 19.4 Å². The largest absolute Gasteiger partial charge is 0.351 e. The van der Waals surface area contributed by atoms with Gasteiger partial charge in [-0.25, -0.2) is 0 Å². The summed E-state index contributed by atoms with van der Waals surface area (Å²) >= 11 is 0. The molecule has 0 spiro atoms. The highest BCUT2D eigenvalue weighted by molar-refractivity contribution is 6.07. The van der Waals surface area contributed by atoms with Crippen LogP contribution in [-0.4, -0.2) is 29.8 Å². The zero-order valence-corrected chi connectivity index (χ0v) is 13.9. The summed E-state index contributed by atoms with van der Waals surface area (Å²) in [5.74, 6) is -0.0330. The Morgan fingerprint density at radius 1 is 1.13 bits per heavy atom. The van der Waals surface area contributed by atoms with Gasteiger partial charge in [-0.1, -0.05) is 42.7 Å². The molecule has 23 heavy (non-hydrogen) atoms. The molecule has 1 N–H and O–H groups in total. The van der Waals surface area contributed by atoms with Crippen LogP contribution >= 0.6 is 0 Å². The number of amides is 2. The molecule has 1 saturated heterocycles. The SMILES string of the molecule is Cc1cccc(CNC(=O)C2(C(=O)N3CCCCCC3)CC2)c1. The van der Waals surface area contributed by atoms with Crippen molar-refractivity contribution in [2.45, 2.75) is 52.0 Å². The van der Waals surface area contributed by atoms with Crippen LogP contribution in [0.3, 0.4) is 0 Å². The Bertz CT molecular complexity index is 585. The van der Waals surface area contributed by atoms with E-state index >= 15 is 0 Å². The Morgan fingerprint density at radius 2 is 1.83 bits per heavy atom. The third kappa shape index (κ3) is 3.57. The standard InChI is InChI=1S/C19H26N2O2/c1-15-7-6-8-16(13-15)14-20-17(22)19(9-10-19)18(23)21-11-4-2-3-5-12-21/h6-8,13H,2-5,9-12,14H2,1H3,(H,20,22). The van der Waals surface area contributed by atoms with Crippen LogP contribution in [0, 0.1) is 12.3 Å². The fourth-order valence-corrected chi connectivity index (χ4v) is 3.41. The number of nitrogens with zero attached hydrogens (tertiary/aromatic N) is 1. The molecule has 2 aliphatic rings. The molecular formula is C19H26N2O2. The lowest BCUT2D eigenvalue weighted by Crippen LogP contribution is -2.45. The summed E-state index contributed by atoms with van der Waals surface area (Å²) in [7, 11) is 0. The number of nitrogens with one attached hydrogen (secondary N) is 1. The van der Waals surface area contributed by atoms with E-state index in [2.05, 4.69) is 11.4 Å². The van der Waals surface area contributed by atoms with Crippen molar-refractivity contribution in [3.05, 3.63) is 35.4 Å². The van der Waals surface area contributed by atoms with Crippen molar-refractivity contribution in [2.75, 3.05) is 13.1 Å². The van der Waals surface area contributed by atoms with Crippen molar-refractivity contribution in [1.29, 1.82) is 0 Å². The van der Waals surface area contributed by atoms with Gasteiger partial charge < -0.3 is 10.2 Å². The maximum Gasteiger partial charge on any atom is 0.238 e. The van der Waals surface area contributed by atoms with Crippen molar-refractivity contribution < 1.29 is 9.59 Å². The number of aryl methyl sites for hydroxylation is 1. The van der Waals surface area contributed by atoms with Crippen LogP contribution < -0.4 is 5.32 Å². The van der Waals surface area contributed by atoms with Crippen molar-refractivity contribution in [2.24, 2.45) is 5.41 Å². The second-order valence-electron chi connectivity index (χ2n) is 6.96. The van der Waals surface area contributed by atoms with Crippen molar-refractivity contribution in [3.8, 4) is 0 Å². The fourth-order valence-electron chi connectivity index (χ4n) is 3.41. The Morgan fingerprint density at radius 3 is 2.43 bits per heavy atom. The lowest BCUT2D eigenvalue weighted by molar-refractivity contribution is -0.144. The molecule has 1 aromatic carbocycles. The molecule has 0 aromatic heterocycles. The van der Waals surface area contributed by atoms with Crippen LogP contribution in [0.1, 0.15) is 49.7 Å². The third-order valence-corrected chi connectivity index (χ3v) is 5.02. The Balaban J connectivity index is 1.60. The third-order valence-electron chi connectivity index (χ3n) is 5.02. The highest BCUT2D eigenvalue weighted by Crippen LogP contribution is 2.47. The molecule has 1 heterocycles. The summed E-state index contributed by atoms with van der Waals surface area (Å²) in [5.41, 5.74) is 1.49. The number of carbonyl (C=O) groups is 2. The molecule has 2 amide bonds. The smallest absolute Gasteiger partial charge is 0.238 e. The van der Waals surface area contributed by atoms with E-state index in [1.807, 2.05) is 30.0 Å². The molecule has 4 nitrogen and oxygen atoms in total. The zero-order valence-electron chi connectivity index (χ0n) is 13.9. The number of benzene rings is 1. The summed E-state index contributed by atoms with van der Waals surface area (Å²) in [4.78, 5) is 27.3. The first-order valence-electron chi connectivity index (χ1n) is 8.75. The second kappa shape index (κ2) is 6.73. The summed E-state index contributed by atoms with van der Waals surface area (Å²) in [5, 5.41) is 2.98. The van der Waals surface area contributed by atoms with Gasteiger partial charge in [-0.15, -0.1) is 0 Å². The predicted molar refractivity (Wildman–Crippen MR) is 89.7 cm³/mol. The maximum absolute atomic E-state index is 12.8. The minimum atomic E-state index is -0.770. The second-order valence-corrected chi connectivity index (χ2v) is 6.96. The first-order chi connectivity index (χ1) is 11.1. The van der Waals surface area contributed by atoms with E-state index in [0.717, 1.165) is 31.5 Å². The topological polar surface area (TPSA) is 49.4 Å². The van der Waals surface area contributed by atoms with Crippen LogP contribution in [0.2, 0.25) is 0 Å². The molecule has 1 saturated carbocycles. The van der Waals surface area contributed by atoms with Gasteiger partial charge in [0.2, 0.25) is 11.8 Å². The number of carbonyl (C=O) groups excluding carboxylic acids is 2. The van der Waals surface area contributed by atoms with E-state index in [1.54, 1.807) is 0 Å². The molecule has 1 aliphatic heterocycles. The quantitative estimate of drug-likeness (QED) is 0.869. The van der Waals surface area contributed by atoms with Gasteiger partial charge in [-0.05, 0) is 38.2 Å². The molecular weight excluding hydrogens is 288 g/mol. The van der Waals surface area contributed by atoms with E-state index < -0.39 is 5.41 Å². The number of likely N-dealkylation sites (tertiary alicyclic amines) is 1. The molecule has 1 aromatic rings. The zero-order chi connectivity index (χ0) is 16.3. The number of hydrogen-bond donors (Lipinski definition) is 1. The minimum Gasteiger partial charge on any atom is -0.351 e. The van der Waals surface area contributed by atoms with E-state index in [1.165, 1.54) is 18.4 Å². The van der Waals surface area contributed by atoms with E-state index in [-0.39, 0.29) is 11.8 Å². The maximum atomic E-state index is 12.8. The monoisotopic (exact) mass is 314 g/mol. The molecule has 4 heteroatoms. The average Bonchev–Trinajstić information content (AvgIpc) is 3.36. The molecule has 0 unspecified atom stereocenters. The van der Waals surface area contributed by atoms with Crippen LogP contribution in [0.15, 0.2) is 24.3 Å². The van der Waals surface area contributed by atoms with Crippen LogP contribution in [0.4, 0.5) is 0 Å². The Labute approximate surface area is 138 Å². The molecule has 0 radical (unpaired) electrons. The average molecular weight is 314 g/mol. The van der Waals surface area contributed by atoms with Crippen LogP contribution in [0.25, 0.3) is 0 Å². The van der Waals surface area contributed by atoms with Gasteiger partial charge in [0.1, 0.15) is 5.41 Å². The molecule has 1 aliphatic carbocycles. The van der Waals surface area contributed by atoms with E-state index in [4.69, 9.17) is 0 Å². The van der Waals surface area contributed by atoms with Gasteiger partial charge in [0.25, 0.3) is 0 Å². The molecule has 124 valence electrons. The summed E-state index contributed by atoms with van der Waals surface area (Å²) < 4.78 is 0. The van der Waals surface area contributed by atoms with Crippen molar-refractivity contribution in [1.82, 2.24) is 10.2 Å². The normalized spacial score (nSPS) is 19.8. The van der Waals surface area contributed by atoms with Gasteiger partial charge in [0.15, 0.2) is 0 Å². The van der Waals surface area contributed by atoms with Gasteiger partial charge >= 0.3 is 0 Å². The van der Waals surface area contributed by atoms with Gasteiger partial charge in [0, 0.05) is 19.6 Å². The first kappa shape index (κ1) is 16.0. The van der Waals surface area contributed by atoms with Crippen LogP contribution in [-0.2, 0) is 16.1 Å². The van der Waals surface area contributed by atoms with Crippen molar-refractivity contribution >= 4 is 11.8 Å². The molecule has 0 bridgehead atoms. The van der Waals surface area contributed by atoms with E-state index in [9.17, 15) is 9.59 Å². The molecule has 2 fully saturated rings. The lowest BCUT2D eigenvalue weighted by Gasteiger charge is -2.25. The molecule has 0 atom stereocenters. The van der Waals surface area contributed by atoms with Gasteiger partial charge in [0.05, 0.1) is 0 Å². The highest BCUT2D eigenvalue weighted by Gasteiger charge is 2.57. The summed E-state index contributed by atoms with van der Waals surface area (Å²) in [6, 6.07) is 8.10. The first-order valence-corrected chi connectivity index (χ1v) is 8.75. The lowest BCUT2D eigenvalue weighted by atomic mass is 10.0. The number of hydrogen-bond acceptors (Lipinski definition) is 2. The van der Waals surface area contributed by atoms with Gasteiger partial charge in [-0.2, -0.15) is 0 Å². The number of rotatable bonds is 4. The van der Waals surface area contributed by atoms with Crippen molar-refractivity contribution in [3.63, 3.8) is 0 Å². The summed E-state index contributed by atoms with van der Waals surface area (Å²) in [6.07, 6.45) is 5.90. The predicted octanol–water partition coefficient (Wildman–Crippen LogP) is 2.79. The van der Waals surface area contributed by atoms with Crippen LogP contribution in [0.5, 0.6) is 0 Å². The van der Waals surface area contributed by atoms with Gasteiger partial charge in [-0.3, -0.25) is 9.59 Å². The Hall–Kier alpha value is -1.84. The fraction of sp³-hybridized carbons (Fsp3) is 0.579.